The third-order valence-electron chi connectivity index (χ3n) is 6.17. The topological polar surface area (TPSA) is 112 Å². The zero-order valence-electron chi connectivity index (χ0n) is 18.9. The summed E-state index contributed by atoms with van der Waals surface area (Å²) in [7, 11) is -3.12. The van der Waals surface area contributed by atoms with Gasteiger partial charge in [0, 0.05) is 25.0 Å². The van der Waals surface area contributed by atoms with E-state index in [1.165, 1.54) is 18.3 Å². The molecule has 4 heterocycles. The quantitative estimate of drug-likeness (QED) is 0.547. The summed E-state index contributed by atoms with van der Waals surface area (Å²) in [4.78, 5) is 17.4. The van der Waals surface area contributed by atoms with Gasteiger partial charge in [0.1, 0.15) is 17.0 Å². The van der Waals surface area contributed by atoms with E-state index in [0.29, 0.717) is 35.5 Å². The van der Waals surface area contributed by atoms with Gasteiger partial charge in [0.25, 0.3) is 5.91 Å². The van der Waals surface area contributed by atoms with Gasteiger partial charge in [0.05, 0.1) is 34.2 Å². The number of nitrogens with one attached hydrogen (secondary N) is 1. The van der Waals surface area contributed by atoms with Crippen LogP contribution < -0.4 is 10.1 Å². The first-order chi connectivity index (χ1) is 16.6. The smallest absolute Gasteiger partial charge is 0.387 e. The van der Waals surface area contributed by atoms with Gasteiger partial charge in [-0.1, -0.05) is 12.1 Å². The minimum Gasteiger partial charge on any atom is -0.435 e. The fraction of sp³-hybridized carbons (Fsp3) is 0.435. The molecule has 5 rings (SSSR count). The first kappa shape index (κ1) is 23.6. The highest BCUT2D eigenvalue weighted by molar-refractivity contribution is 7.93. The monoisotopic (exact) mass is 506 g/mol. The third-order valence-corrected chi connectivity index (χ3v) is 8.32. The zero-order chi connectivity index (χ0) is 24.8. The lowest BCUT2D eigenvalue weighted by Gasteiger charge is -2.38. The molecule has 0 atom stereocenters. The Kier molecular flexibility index (Phi) is 5.96. The summed E-state index contributed by atoms with van der Waals surface area (Å²) < 4.78 is 60.5. The molecule has 0 spiro atoms. The molecule has 2 aromatic heterocycles. The number of alkyl halides is 2. The van der Waals surface area contributed by atoms with E-state index in [2.05, 4.69) is 15.0 Å². The fourth-order valence-corrected chi connectivity index (χ4v) is 6.71. The predicted molar refractivity (Wildman–Crippen MR) is 123 cm³/mol. The Bertz CT molecular complexity index is 1370. The molecule has 12 heteroatoms. The molecule has 0 radical (unpaired) electrons. The van der Waals surface area contributed by atoms with Gasteiger partial charge in [-0.3, -0.25) is 14.5 Å². The van der Waals surface area contributed by atoms with Crippen molar-refractivity contribution in [1.29, 1.82) is 0 Å². The van der Waals surface area contributed by atoms with Gasteiger partial charge in [-0.15, -0.1) is 0 Å². The molecule has 186 valence electrons. The molecule has 0 aliphatic carbocycles. The lowest BCUT2D eigenvalue weighted by atomic mass is 10.1. The zero-order valence-corrected chi connectivity index (χ0v) is 19.7. The van der Waals surface area contributed by atoms with Crippen molar-refractivity contribution in [3.63, 3.8) is 0 Å². The Labute approximate surface area is 200 Å². The summed E-state index contributed by atoms with van der Waals surface area (Å²) in [6.45, 7) is -0.121. The van der Waals surface area contributed by atoms with Gasteiger partial charge >= 0.3 is 6.61 Å². The first-order valence-corrected chi connectivity index (χ1v) is 13.0. The molecule has 2 aliphatic rings. The number of sulfone groups is 1. The summed E-state index contributed by atoms with van der Waals surface area (Å²) in [5.41, 5.74) is 1.62. The number of hydrogen-bond donors (Lipinski definition) is 1. The van der Waals surface area contributed by atoms with Crippen LogP contribution in [0.1, 0.15) is 36.2 Å². The van der Waals surface area contributed by atoms with Crippen molar-refractivity contribution in [2.45, 2.75) is 38.0 Å². The van der Waals surface area contributed by atoms with Crippen LogP contribution in [0, 0.1) is 0 Å². The Balaban J connectivity index is 1.54. The van der Waals surface area contributed by atoms with Crippen LogP contribution in [0.2, 0.25) is 0 Å². The first-order valence-electron chi connectivity index (χ1n) is 11.2. The summed E-state index contributed by atoms with van der Waals surface area (Å²) in [6, 6.07) is 7.93. The maximum Gasteiger partial charge on any atom is 0.387 e. The van der Waals surface area contributed by atoms with Crippen LogP contribution in [0.15, 0.2) is 36.5 Å². The molecule has 0 saturated carbocycles. The number of amides is 1. The highest BCUT2D eigenvalue weighted by Crippen LogP contribution is 2.33. The van der Waals surface area contributed by atoms with Gasteiger partial charge in [-0.05, 0) is 38.0 Å². The van der Waals surface area contributed by atoms with E-state index in [-0.39, 0.29) is 28.9 Å². The van der Waals surface area contributed by atoms with Crippen LogP contribution in [-0.2, 0) is 14.6 Å². The molecule has 35 heavy (non-hydrogen) atoms. The van der Waals surface area contributed by atoms with Crippen molar-refractivity contribution in [3.8, 4) is 17.0 Å². The molecule has 2 fully saturated rings. The van der Waals surface area contributed by atoms with Crippen LogP contribution >= 0.6 is 0 Å². The Morgan fingerprint density at radius 1 is 1.26 bits per heavy atom. The summed E-state index contributed by atoms with van der Waals surface area (Å²) >= 11 is 0. The fourth-order valence-electron chi connectivity index (χ4n) is 4.71. The molecule has 0 unspecified atom stereocenters. The number of carbonyl (C=O) groups excluding carboxylic acids is 1. The summed E-state index contributed by atoms with van der Waals surface area (Å²) in [5, 5.41) is 7.57. The highest BCUT2D eigenvalue weighted by Gasteiger charge is 2.45. The molecular weight excluding hydrogens is 482 g/mol. The van der Waals surface area contributed by atoms with Crippen molar-refractivity contribution in [3.05, 3.63) is 42.1 Å². The summed E-state index contributed by atoms with van der Waals surface area (Å²) in [5.74, 6) is -0.637. The van der Waals surface area contributed by atoms with E-state index in [1.807, 2.05) is 4.68 Å². The number of nitrogens with zero attached hydrogens (tertiary/aromatic N) is 3. The lowest BCUT2D eigenvalue weighted by molar-refractivity contribution is -0.0498. The average molecular weight is 507 g/mol. The minimum atomic E-state index is -3.12. The number of pyridine rings is 1. The molecule has 1 amide bonds. The second-order valence-electron chi connectivity index (χ2n) is 9.18. The van der Waals surface area contributed by atoms with Gasteiger partial charge in [0.15, 0.2) is 9.84 Å². The Morgan fingerprint density at radius 3 is 2.69 bits per heavy atom. The number of aromatic nitrogens is 3. The maximum atomic E-state index is 12.9. The molecule has 0 bridgehead atoms. The summed E-state index contributed by atoms with van der Waals surface area (Å²) in [6.07, 6.45) is 2.85. The van der Waals surface area contributed by atoms with Crippen molar-refractivity contribution in [2.75, 3.05) is 24.7 Å². The number of benzene rings is 1. The Morgan fingerprint density at radius 2 is 2.00 bits per heavy atom. The predicted octanol–water partition coefficient (Wildman–Crippen LogP) is 2.97. The average Bonchev–Trinajstić information content (AvgIpc) is 3.17. The second kappa shape index (κ2) is 8.83. The van der Waals surface area contributed by atoms with Crippen LogP contribution in [0.3, 0.4) is 0 Å². The Hall–Kier alpha value is -3.12. The van der Waals surface area contributed by atoms with Gasteiger partial charge < -0.3 is 14.8 Å². The molecule has 3 aromatic rings. The largest absolute Gasteiger partial charge is 0.435 e. The van der Waals surface area contributed by atoms with E-state index in [1.54, 1.807) is 25.1 Å². The lowest BCUT2D eigenvalue weighted by Crippen LogP contribution is -2.63. The van der Waals surface area contributed by atoms with Crippen molar-refractivity contribution >= 4 is 26.8 Å². The number of fused-ring (bicyclic) bond motifs is 1. The molecular formula is C23H24F2N4O5S. The molecule has 2 saturated heterocycles. The van der Waals surface area contributed by atoms with Crippen molar-refractivity contribution in [2.24, 2.45) is 0 Å². The number of halogens is 2. The van der Waals surface area contributed by atoms with Crippen molar-refractivity contribution < 1.29 is 31.5 Å². The van der Waals surface area contributed by atoms with E-state index >= 15 is 0 Å². The van der Waals surface area contributed by atoms with Gasteiger partial charge in [-0.2, -0.15) is 13.9 Å². The second-order valence-corrected chi connectivity index (χ2v) is 11.2. The van der Waals surface area contributed by atoms with Crippen molar-refractivity contribution in [1.82, 2.24) is 20.1 Å². The van der Waals surface area contributed by atoms with Crippen LogP contribution in [0.5, 0.6) is 5.75 Å². The third kappa shape index (κ3) is 4.85. The van der Waals surface area contributed by atoms with Crippen LogP contribution in [-0.4, -0.2) is 66.0 Å². The van der Waals surface area contributed by atoms with E-state index in [0.717, 1.165) is 12.8 Å². The normalized spacial score (nSPS) is 19.4. The van der Waals surface area contributed by atoms with E-state index in [4.69, 9.17) is 9.84 Å². The standard InChI is InChI=1S/C23H24F2N4O5S/c1-23(12-35(31,32)13-23)27-21(30)15-10-18-20(26-11-15)19(28-29(18)16-5-7-33-8-6-16)14-3-2-4-17(9-14)34-22(24)25/h2-4,9-11,16,22H,5-8,12-13H2,1H3,(H,27,30). The van der Waals surface area contributed by atoms with E-state index < -0.39 is 27.9 Å². The highest BCUT2D eigenvalue weighted by atomic mass is 32.2. The molecule has 1 N–H and O–H groups in total. The van der Waals surface area contributed by atoms with E-state index in [9.17, 15) is 22.0 Å². The van der Waals surface area contributed by atoms with Crippen LogP contribution in [0.4, 0.5) is 8.78 Å². The SMILES string of the molecule is CC1(NC(=O)c2cnc3c(-c4cccc(OC(F)F)c4)nn(C4CCOCC4)c3c2)CS(=O)(=O)C1. The minimum absolute atomic E-state index is 0.00552. The maximum absolute atomic E-state index is 12.9. The van der Waals surface area contributed by atoms with Gasteiger partial charge in [-0.25, -0.2) is 8.42 Å². The molecule has 2 aliphatic heterocycles. The van der Waals surface area contributed by atoms with Gasteiger partial charge in [0.2, 0.25) is 0 Å². The molecule has 1 aromatic carbocycles. The number of carbonyl (C=O) groups is 1. The number of ether oxygens (including phenoxy) is 2. The number of rotatable bonds is 6. The molecule has 9 nitrogen and oxygen atoms in total. The number of hydrogen-bond acceptors (Lipinski definition) is 7. The van der Waals surface area contributed by atoms with Crippen LogP contribution in [0.25, 0.3) is 22.3 Å².